The van der Waals surface area contributed by atoms with Gasteiger partial charge in [-0.25, -0.2) is 0 Å². The second-order valence-electron chi connectivity index (χ2n) is 1.51. The van der Waals surface area contributed by atoms with Crippen molar-refractivity contribution < 1.29 is 108 Å². The Balaban J connectivity index is -0.000000163. The van der Waals surface area contributed by atoms with E-state index < -0.39 is 0 Å². The number of hydrogen-bond acceptors (Lipinski definition) is 2. The zero-order chi connectivity index (χ0) is 5.11. The van der Waals surface area contributed by atoms with Gasteiger partial charge in [-0.1, -0.05) is 0 Å². The molecule has 3 radical (unpaired) electrons. The summed E-state index contributed by atoms with van der Waals surface area (Å²) >= 11 is 0. The minimum Gasteiger partial charge on any atom is -0.640 e. The van der Waals surface area contributed by atoms with Crippen LogP contribution in [0, 0.1) is 6.79 Å². The SMILES string of the molecule is CC1=CO[CH-]OC1.[Y].[Y].[Y]. The molecule has 0 N–H and O–H groups in total. The molecule has 5 heteroatoms. The third-order valence-corrected chi connectivity index (χ3v) is 0.704. The molecule has 49 valence electrons. The third-order valence-electron chi connectivity index (χ3n) is 0.704. The van der Waals surface area contributed by atoms with Crippen molar-refractivity contribution >= 4 is 0 Å². The van der Waals surface area contributed by atoms with Gasteiger partial charge in [0.05, 0.1) is 0 Å². The van der Waals surface area contributed by atoms with E-state index in [4.69, 9.17) is 4.74 Å². The first kappa shape index (κ1) is 18.6. The molecule has 1 aliphatic heterocycles. The molecule has 0 atom stereocenters. The van der Waals surface area contributed by atoms with Crippen molar-refractivity contribution in [3.8, 4) is 0 Å². The molecule has 0 saturated heterocycles. The van der Waals surface area contributed by atoms with Crippen LogP contribution in [-0.4, -0.2) is 6.61 Å². The van der Waals surface area contributed by atoms with Crippen LogP contribution >= 0.6 is 0 Å². The molecule has 0 aromatic rings. The van der Waals surface area contributed by atoms with Crippen molar-refractivity contribution in [3.63, 3.8) is 0 Å². The van der Waals surface area contributed by atoms with Crippen LogP contribution in [0.5, 0.6) is 0 Å². The van der Waals surface area contributed by atoms with Crippen molar-refractivity contribution in [2.75, 3.05) is 6.61 Å². The first-order valence-electron chi connectivity index (χ1n) is 2.14. The summed E-state index contributed by atoms with van der Waals surface area (Å²) in [7, 11) is 0. The first-order valence-corrected chi connectivity index (χ1v) is 2.14. The van der Waals surface area contributed by atoms with Crippen LogP contribution in [0.1, 0.15) is 6.92 Å². The number of ether oxygens (including phenoxy) is 2. The van der Waals surface area contributed by atoms with Crippen molar-refractivity contribution in [2.45, 2.75) is 6.92 Å². The second-order valence-corrected chi connectivity index (χ2v) is 1.51. The van der Waals surface area contributed by atoms with Crippen molar-refractivity contribution in [1.29, 1.82) is 0 Å². The quantitative estimate of drug-likeness (QED) is 0.597. The molecule has 0 unspecified atom stereocenters. The van der Waals surface area contributed by atoms with E-state index in [0.717, 1.165) is 5.57 Å². The first-order chi connectivity index (χ1) is 3.39. The Kier molecular flexibility index (Phi) is 21.9. The van der Waals surface area contributed by atoms with E-state index in [2.05, 4.69) is 4.74 Å². The Hall–Kier alpha value is 2.81. The van der Waals surface area contributed by atoms with Crippen LogP contribution in [0.15, 0.2) is 11.8 Å². The monoisotopic (exact) mass is 366 g/mol. The summed E-state index contributed by atoms with van der Waals surface area (Å²) in [5.41, 5.74) is 1.11. The molecular formula is C5H7O2Y3-. The average Bonchev–Trinajstić information content (AvgIpc) is 1.69. The van der Waals surface area contributed by atoms with Crippen LogP contribution in [0.25, 0.3) is 0 Å². The van der Waals surface area contributed by atoms with E-state index >= 15 is 0 Å². The molecule has 0 spiro atoms. The molecule has 0 saturated carbocycles. The van der Waals surface area contributed by atoms with Gasteiger partial charge in [-0.05, 0) is 19.3 Å². The van der Waals surface area contributed by atoms with Gasteiger partial charge in [-0.15, -0.1) is 0 Å². The minimum absolute atomic E-state index is 0. The smallest absolute Gasteiger partial charge is 0.0493 e. The zero-order valence-corrected chi connectivity index (χ0v) is 14.4. The molecule has 0 aromatic heterocycles. The predicted molar refractivity (Wildman–Crippen MR) is 25.1 cm³/mol. The maximum Gasteiger partial charge on any atom is 0.0493 e. The van der Waals surface area contributed by atoms with Gasteiger partial charge < -0.3 is 9.47 Å². The van der Waals surface area contributed by atoms with Gasteiger partial charge in [-0.2, -0.15) is 0 Å². The van der Waals surface area contributed by atoms with E-state index in [0.29, 0.717) is 6.61 Å². The van der Waals surface area contributed by atoms with Gasteiger partial charge in [0.25, 0.3) is 0 Å². The molecule has 1 aliphatic rings. The molecule has 1 rings (SSSR count). The van der Waals surface area contributed by atoms with Gasteiger partial charge in [0.15, 0.2) is 0 Å². The maximum atomic E-state index is 4.77. The maximum absolute atomic E-state index is 4.77. The van der Waals surface area contributed by atoms with E-state index in [-0.39, 0.29) is 98.1 Å². The van der Waals surface area contributed by atoms with E-state index in [9.17, 15) is 0 Å². The third kappa shape index (κ3) is 8.90. The molecule has 0 aromatic carbocycles. The molecule has 1 heterocycles. The Bertz CT molecular complexity index is 94.9. The fourth-order valence-corrected chi connectivity index (χ4v) is 0.383. The molecule has 2 nitrogen and oxygen atoms in total. The van der Waals surface area contributed by atoms with Gasteiger partial charge in [0, 0.05) is 111 Å². The van der Waals surface area contributed by atoms with Crippen LogP contribution in [-0.2, 0) is 108 Å². The molecule has 0 amide bonds. The van der Waals surface area contributed by atoms with Crippen LogP contribution in [0.4, 0.5) is 0 Å². The number of rotatable bonds is 0. The van der Waals surface area contributed by atoms with Crippen molar-refractivity contribution in [1.82, 2.24) is 0 Å². The van der Waals surface area contributed by atoms with Crippen LogP contribution < -0.4 is 0 Å². The Morgan fingerprint density at radius 2 is 2.00 bits per heavy atom. The topological polar surface area (TPSA) is 18.5 Å². The molecule has 0 bridgehead atoms. The summed E-state index contributed by atoms with van der Waals surface area (Å²) < 4.78 is 9.44. The van der Waals surface area contributed by atoms with Crippen molar-refractivity contribution in [3.05, 3.63) is 18.6 Å². The van der Waals surface area contributed by atoms with Gasteiger partial charge >= 0.3 is 0 Å². The van der Waals surface area contributed by atoms with Crippen molar-refractivity contribution in [2.24, 2.45) is 0 Å². The predicted octanol–water partition coefficient (Wildman–Crippen LogP) is 1.05. The van der Waals surface area contributed by atoms with Gasteiger partial charge in [-0.3, -0.25) is 0 Å². The summed E-state index contributed by atoms with van der Waals surface area (Å²) in [6.07, 6.45) is 1.67. The molecular weight excluding hydrogens is 359 g/mol. The summed E-state index contributed by atoms with van der Waals surface area (Å²) in [4.78, 5) is 0. The standard InChI is InChI=1S/C5H7O2.3Y/c1-5-2-6-4-7-3-5;;;/h2,4H,3H2,1H3;;;/q-1;;;. The summed E-state index contributed by atoms with van der Waals surface area (Å²) in [6, 6.07) is 0. The summed E-state index contributed by atoms with van der Waals surface area (Å²) in [5.74, 6) is 0. The Labute approximate surface area is 137 Å². The largest absolute Gasteiger partial charge is 0.640 e. The molecule has 0 aliphatic carbocycles. The molecule has 10 heavy (non-hydrogen) atoms. The minimum atomic E-state index is 0. The Morgan fingerprint density at radius 3 is 2.20 bits per heavy atom. The van der Waals surface area contributed by atoms with E-state index in [1.165, 1.54) is 6.79 Å². The summed E-state index contributed by atoms with van der Waals surface area (Å²) in [6.45, 7) is 3.94. The Morgan fingerprint density at radius 1 is 1.40 bits per heavy atom. The van der Waals surface area contributed by atoms with Crippen LogP contribution in [0.3, 0.4) is 0 Å². The second kappa shape index (κ2) is 11.8. The van der Waals surface area contributed by atoms with Gasteiger partial charge in [0.1, 0.15) is 0 Å². The normalized spacial score (nSPS) is 14.3. The summed E-state index contributed by atoms with van der Waals surface area (Å²) in [5, 5.41) is 0. The average molecular weight is 366 g/mol. The molecule has 0 fully saturated rings. The zero-order valence-electron chi connectivity index (χ0n) is 5.91. The van der Waals surface area contributed by atoms with Gasteiger partial charge in [0.2, 0.25) is 0 Å². The fraction of sp³-hybridized carbons (Fsp3) is 0.400. The van der Waals surface area contributed by atoms with E-state index in [1.807, 2.05) is 6.92 Å². The van der Waals surface area contributed by atoms with Crippen LogP contribution in [0.2, 0.25) is 0 Å². The van der Waals surface area contributed by atoms with E-state index in [1.54, 1.807) is 6.26 Å². The number of hydrogen-bond donors (Lipinski definition) is 0. The fourth-order valence-electron chi connectivity index (χ4n) is 0.383.